The highest BCUT2D eigenvalue weighted by molar-refractivity contribution is 4.66. The Kier molecular flexibility index (Phi) is 8.40. The van der Waals surface area contributed by atoms with E-state index in [4.69, 9.17) is 9.47 Å². The molecular weight excluding hydrogens is 166 g/mol. The van der Waals surface area contributed by atoms with Crippen LogP contribution in [-0.4, -0.2) is 39.5 Å². The maximum Gasteiger partial charge on any atom is 0.0615 e. The fraction of sp³-hybridized carbons (Fsp3) is 1.00. The minimum absolute atomic E-state index is 0.345. The van der Waals surface area contributed by atoms with Gasteiger partial charge < -0.3 is 14.8 Å². The fourth-order valence-corrected chi connectivity index (χ4v) is 1.29. The van der Waals surface area contributed by atoms with Crippen molar-refractivity contribution in [2.45, 2.75) is 38.8 Å². The first-order valence-electron chi connectivity index (χ1n) is 4.99. The lowest BCUT2D eigenvalue weighted by molar-refractivity contribution is 0.0977. The first-order chi connectivity index (χ1) is 6.24. The molecule has 80 valence electrons. The van der Waals surface area contributed by atoms with Crippen LogP contribution in [0.4, 0.5) is 0 Å². The normalized spacial score (nSPS) is 15.7. The van der Waals surface area contributed by atoms with Crippen molar-refractivity contribution < 1.29 is 9.47 Å². The maximum absolute atomic E-state index is 5.19. The summed E-state index contributed by atoms with van der Waals surface area (Å²) in [6.45, 7) is 5.98. The highest BCUT2D eigenvalue weighted by Gasteiger charge is 2.08. The molecule has 0 saturated heterocycles. The number of rotatable bonds is 8. The number of ether oxygens (including phenoxy) is 2. The standard InChI is InChI=1S/C10H23NO2/c1-5-11-10(8-12-3)7-6-9(2)13-4/h9-11H,5-8H2,1-4H3. The predicted molar refractivity (Wildman–Crippen MR) is 55.0 cm³/mol. The van der Waals surface area contributed by atoms with E-state index in [0.717, 1.165) is 26.0 Å². The number of hydrogen-bond acceptors (Lipinski definition) is 3. The van der Waals surface area contributed by atoms with E-state index in [1.165, 1.54) is 0 Å². The second kappa shape index (κ2) is 8.48. The maximum atomic E-state index is 5.19. The van der Waals surface area contributed by atoms with Gasteiger partial charge in [0.15, 0.2) is 0 Å². The van der Waals surface area contributed by atoms with Gasteiger partial charge in [-0.05, 0) is 26.3 Å². The lowest BCUT2D eigenvalue weighted by Gasteiger charge is -2.18. The lowest BCUT2D eigenvalue weighted by atomic mass is 10.1. The summed E-state index contributed by atoms with van der Waals surface area (Å²) in [5.74, 6) is 0. The Balaban J connectivity index is 3.55. The van der Waals surface area contributed by atoms with Crippen molar-refractivity contribution in [3.8, 4) is 0 Å². The molecule has 0 aromatic carbocycles. The molecule has 0 amide bonds. The molecule has 3 heteroatoms. The molecule has 3 nitrogen and oxygen atoms in total. The van der Waals surface area contributed by atoms with Crippen molar-refractivity contribution in [2.75, 3.05) is 27.4 Å². The number of hydrogen-bond donors (Lipinski definition) is 1. The van der Waals surface area contributed by atoms with E-state index in [0.29, 0.717) is 12.1 Å². The van der Waals surface area contributed by atoms with Gasteiger partial charge in [-0.25, -0.2) is 0 Å². The molecule has 0 aliphatic rings. The van der Waals surface area contributed by atoms with Crippen LogP contribution in [0.2, 0.25) is 0 Å². The van der Waals surface area contributed by atoms with Crippen LogP contribution >= 0.6 is 0 Å². The van der Waals surface area contributed by atoms with Crippen LogP contribution in [0.5, 0.6) is 0 Å². The third kappa shape index (κ3) is 6.99. The third-order valence-electron chi connectivity index (χ3n) is 2.18. The van der Waals surface area contributed by atoms with Crippen molar-refractivity contribution in [2.24, 2.45) is 0 Å². The molecule has 0 aliphatic heterocycles. The first-order valence-corrected chi connectivity index (χ1v) is 4.99. The Hall–Kier alpha value is -0.120. The van der Waals surface area contributed by atoms with Gasteiger partial charge in [-0.3, -0.25) is 0 Å². The Labute approximate surface area is 81.8 Å². The largest absolute Gasteiger partial charge is 0.383 e. The van der Waals surface area contributed by atoms with E-state index in [9.17, 15) is 0 Å². The van der Waals surface area contributed by atoms with Gasteiger partial charge in [0.25, 0.3) is 0 Å². The monoisotopic (exact) mass is 189 g/mol. The van der Waals surface area contributed by atoms with Gasteiger partial charge in [0, 0.05) is 20.3 Å². The minimum Gasteiger partial charge on any atom is -0.383 e. The molecule has 0 bridgehead atoms. The van der Waals surface area contributed by atoms with Crippen molar-refractivity contribution in [3.05, 3.63) is 0 Å². The van der Waals surface area contributed by atoms with E-state index in [2.05, 4.69) is 19.2 Å². The molecule has 2 unspecified atom stereocenters. The van der Waals surface area contributed by atoms with Crippen molar-refractivity contribution >= 4 is 0 Å². The molecule has 2 atom stereocenters. The highest BCUT2D eigenvalue weighted by Crippen LogP contribution is 2.04. The zero-order valence-electron chi connectivity index (χ0n) is 9.30. The quantitative estimate of drug-likeness (QED) is 0.626. The van der Waals surface area contributed by atoms with Gasteiger partial charge in [0.05, 0.1) is 12.7 Å². The number of nitrogens with one attached hydrogen (secondary N) is 1. The molecule has 13 heavy (non-hydrogen) atoms. The molecule has 0 fully saturated rings. The van der Waals surface area contributed by atoms with Crippen LogP contribution in [0.1, 0.15) is 26.7 Å². The summed E-state index contributed by atoms with van der Waals surface area (Å²) in [6.07, 6.45) is 2.53. The van der Waals surface area contributed by atoms with Crippen molar-refractivity contribution in [3.63, 3.8) is 0 Å². The minimum atomic E-state index is 0.345. The molecule has 0 rings (SSSR count). The van der Waals surface area contributed by atoms with E-state index < -0.39 is 0 Å². The van der Waals surface area contributed by atoms with E-state index in [1.807, 2.05) is 0 Å². The Morgan fingerprint density at radius 2 is 1.92 bits per heavy atom. The average Bonchev–Trinajstić information content (AvgIpc) is 2.14. The van der Waals surface area contributed by atoms with Crippen LogP contribution in [-0.2, 0) is 9.47 Å². The van der Waals surface area contributed by atoms with Crippen LogP contribution in [0.3, 0.4) is 0 Å². The zero-order chi connectivity index (χ0) is 10.1. The fourth-order valence-electron chi connectivity index (χ4n) is 1.29. The molecule has 0 aromatic heterocycles. The SMILES string of the molecule is CCNC(CCC(C)OC)COC. The van der Waals surface area contributed by atoms with Crippen LogP contribution < -0.4 is 5.32 Å². The summed E-state index contributed by atoms with van der Waals surface area (Å²) in [5, 5.41) is 3.38. The van der Waals surface area contributed by atoms with Crippen molar-refractivity contribution in [1.82, 2.24) is 5.32 Å². The molecule has 0 aliphatic carbocycles. The van der Waals surface area contributed by atoms with Crippen LogP contribution in [0.15, 0.2) is 0 Å². The molecule has 0 heterocycles. The smallest absolute Gasteiger partial charge is 0.0615 e. The second-order valence-corrected chi connectivity index (χ2v) is 3.33. The van der Waals surface area contributed by atoms with Gasteiger partial charge in [0.1, 0.15) is 0 Å². The molecular formula is C10H23NO2. The summed E-state index contributed by atoms with van der Waals surface area (Å²) in [4.78, 5) is 0. The molecule has 0 aromatic rings. The van der Waals surface area contributed by atoms with Gasteiger partial charge in [-0.15, -0.1) is 0 Å². The number of methoxy groups -OCH3 is 2. The van der Waals surface area contributed by atoms with Gasteiger partial charge in [0.2, 0.25) is 0 Å². The van der Waals surface area contributed by atoms with E-state index >= 15 is 0 Å². The molecule has 0 spiro atoms. The van der Waals surface area contributed by atoms with Gasteiger partial charge in [-0.2, -0.15) is 0 Å². The Morgan fingerprint density at radius 1 is 1.23 bits per heavy atom. The predicted octanol–water partition coefficient (Wildman–Crippen LogP) is 1.43. The summed E-state index contributed by atoms with van der Waals surface area (Å²) in [6, 6.07) is 0.465. The summed E-state index contributed by atoms with van der Waals surface area (Å²) in [7, 11) is 3.49. The zero-order valence-corrected chi connectivity index (χ0v) is 9.30. The van der Waals surface area contributed by atoms with Crippen LogP contribution in [0.25, 0.3) is 0 Å². The lowest BCUT2D eigenvalue weighted by Crippen LogP contribution is -2.33. The summed E-state index contributed by atoms with van der Waals surface area (Å²) in [5.41, 5.74) is 0. The number of likely N-dealkylation sites (N-methyl/N-ethyl adjacent to an activating group) is 1. The van der Waals surface area contributed by atoms with Crippen molar-refractivity contribution in [1.29, 1.82) is 0 Å². The third-order valence-corrected chi connectivity index (χ3v) is 2.18. The Bertz CT molecular complexity index is 103. The van der Waals surface area contributed by atoms with E-state index in [-0.39, 0.29) is 0 Å². The average molecular weight is 189 g/mol. The first kappa shape index (κ1) is 12.9. The van der Waals surface area contributed by atoms with Gasteiger partial charge >= 0.3 is 0 Å². The van der Waals surface area contributed by atoms with Crippen LogP contribution in [0, 0.1) is 0 Å². The molecule has 0 radical (unpaired) electrons. The highest BCUT2D eigenvalue weighted by atomic mass is 16.5. The van der Waals surface area contributed by atoms with Gasteiger partial charge in [-0.1, -0.05) is 6.92 Å². The summed E-state index contributed by atoms with van der Waals surface area (Å²) >= 11 is 0. The van der Waals surface area contributed by atoms with E-state index in [1.54, 1.807) is 14.2 Å². The topological polar surface area (TPSA) is 30.5 Å². The second-order valence-electron chi connectivity index (χ2n) is 3.33. The summed E-state index contributed by atoms with van der Waals surface area (Å²) < 4.78 is 10.3. The molecule has 1 N–H and O–H groups in total. The Morgan fingerprint density at radius 3 is 2.38 bits per heavy atom. The molecule has 0 saturated carbocycles.